The van der Waals surface area contributed by atoms with Crippen LogP contribution < -0.4 is 5.73 Å². The molecule has 2 N–H and O–H groups in total. The van der Waals surface area contributed by atoms with Crippen LogP contribution >= 0.6 is 0 Å². The fourth-order valence-corrected chi connectivity index (χ4v) is 3.11. The third-order valence-electron chi connectivity index (χ3n) is 4.63. The van der Waals surface area contributed by atoms with E-state index in [2.05, 4.69) is 31.2 Å². The van der Waals surface area contributed by atoms with Crippen molar-refractivity contribution in [3.05, 3.63) is 35.4 Å². The summed E-state index contributed by atoms with van der Waals surface area (Å²) >= 11 is 0. The molecule has 0 aromatic heterocycles. The molecule has 1 amide bonds. The first-order valence-corrected chi connectivity index (χ1v) is 8.13. The molecule has 116 valence electrons. The Morgan fingerprint density at radius 1 is 1.14 bits per heavy atom. The fourth-order valence-electron chi connectivity index (χ4n) is 3.11. The Bertz CT molecular complexity index is 461. The van der Waals surface area contributed by atoms with E-state index >= 15 is 0 Å². The topological polar surface area (TPSA) is 46.3 Å². The molecule has 1 saturated carbocycles. The van der Waals surface area contributed by atoms with E-state index in [4.69, 9.17) is 5.73 Å². The van der Waals surface area contributed by atoms with Crippen LogP contribution in [0.25, 0.3) is 0 Å². The van der Waals surface area contributed by atoms with Gasteiger partial charge in [-0.05, 0) is 30.4 Å². The second-order valence-corrected chi connectivity index (χ2v) is 6.52. The minimum absolute atomic E-state index is 0.166. The van der Waals surface area contributed by atoms with Crippen molar-refractivity contribution in [1.29, 1.82) is 0 Å². The van der Waals surface area contributed by atoms with Gasteiger partial charge in [-0.15, -0.1) is 0 Å². The van der Waals surface area contributed by atoms with E-state index in [0.717, 1.165) is 32.1 Å². The van der Waals surface area contributed by atoms with Crippen molar-refractivity contribution in [2.45, 2.75) is 64.0 Å². The highest BCUT2D eigenvalue weighted by Gasteiger charge is 2.31. The zero-order valence-corrected chi connectivity index (χ0v) is 13.4. The van der Waals surface area contributed by atoms with E-state index in [-0.39, 0.29) is 11.4 Å². The first-order chi connectivity index (χ1) is 10.0. The van der Waals surface area contributed by atoms with E-state index in [1.165, 1.54) is 17.5 Å². The molecule has 0 atom stereocenters. The summed E-state index contributed by atoms with van der Waals surface area (Å²) in [6, 6.07) is 8.50. The van der Waals surface area contributed by atoms with E-state index in [9.17, 15) is 4.79 Å². The average molecular weight is 288 g/mol. The van der Waals surface area contributed by atoms with Gasteiger partial charge in [0.15, 0.2) is 0 Å². The molecule has 0 spiro atoms. The van der Waals surface area contributed by atoms with Gasteiger partial charge in [-0.25, -0.2) is 0 Å². The average Bonchev–Trinajstić information content (AvgIpc) is 2.48. The molecule has 21 heavy (non-hydrogen) atoms. The molecule has 1 aliphatic carbocycles. The number of carbonyl (C=O) groups is 1. The lowest BCUT2D eigenvalue weighted by molar-refractivity contribution is -0.132. The van der Waals surface area contributed by atoms with Crippen LogP contribution in [0.15, 0.2) is 24.3 Å². The lowest BCUT2D eigenvalue weighted by Gasteiger charge is -2.34. The Hall–Kier alpha value is -1.35. The summed E-state index contributed by atoms with van der Waals surface area (Å²) in [7, 11) is 1.88. The normalized spacial score (nSPS) is 17.5. The monoisotopic (exact) mass is 288 g/mol. The van der Waals surface area contributed by atoms with Crippen molar-refractivity contribution in [3.8, 4) is 0 Å². The zero-order valence-electron chi connectivity index (χ0n) is 13.4. The van der Waals surface area contributed by atoms with E-state index in [1.807, 2.05) is 11.9 Å². The Morgan fingerprint density at radius 3 is 2.29 bits per heavy atom. The number of benzene rings is 1. The van der Waals surface area contributed by atoms with Crippen LogP contribution in [0, 0.1) is 0 Å². The van der Waals surface area contributed by atoms with Gasteiger partial charge in [0.2, 0.25) is 5.91 Å². The van der Waals surface area contributed by atoms with Gasteiger partial charge in [0.25, 0.3) is 0 Å². The van der Waals surface area contributed by atoms with Gasteiger partial charge in [-0.2, -0.15) is 0 Å². The quantitative estimate of drug-likeness (QED) is 0.904. The van der Waals surface area contributed by atoms with E-state index < -0.39 is 0 Å². The molecule has 1 aromatic carbocycles. The first kappa shape index (κ1) is 16.0. The maximum absolute atomic E-state index is 12.4. The Balaban J connectivity index is 1.89. The van der Waals surface area contributed by atoms with Crippen LogP contribution in [0.1, 0.15) is 56.6 Å². The predicted octanol–water partition coefficient (Wildman–Crippen LogP) is 3.26. The molecule has 0 aliphatic heterocycles. The molecular formula is C18H28N2O. The summed E-state index contributed by atoms with van der Waals surface area (Å²) in [5, 5.41) is 0. The van der Waals surface area contributed by atoms with Crippen LogP contribution in [-0.4, -0.2) is 23.4 Å². The maximum atomic E-state index is 12.4. The van der Waals surface area contributed by atoms with Crippen LogP contribution in [0.5, 0.6) is 0 Å². The van der Waals surface area contributed by atoms with Crippen molar-refractivity contribution < 1.29 is 4.79 Å². The van der Waals surface area contributed by atoms with Gasteiger partial charge < -0.3 is 10.6 Å². The molecule has 0 radical (unpaired) electrons. The van der Waals surface area contributed by atoms with Gasteiger partial charge in [-0.3, -0.25) is 4.79 Å². The summed E-state index contributed by atoms with van der Waals surface area (Å²) in [6.07, 6.45) is 7.07. The second-order valence-electron chi connectivity index (χ2n) is 6.52. The molecule has 0 bridgehead atoms. The highest BCUT2D eigenvalue weighted by atomic mass is 16.2. The number of nitrogens with zero attached hydrogens (tertiary/aromatic N) is 1. The lowest BCUT2D eigenvalue weighted by Crippen LogP contribution is -2.46. The lowest BCUT2D eigenvalue weighted by atomic mass is 9.80. The largest absolute Gasteiger partial charge is 0.341 e. The third-order valence-corrected chi connectivity index (χ3v) is 4.63. The van der Waals surface area contributed by atoms with Crippen LogP contribution in [0.2, 0.25) is 0 Å². The zero-order chi connectivity index (χ0) is 15.3. The summed E-state index contributed by atoms with van der Waals surface area (Å²) in [4.78, 5) is 14.2. The Kier molecular flexibility index (Phi) is 5.40. The van der Waals surface area contributed by atoms with E-state index in [0.29, 0.717) is 13.0 Å². The van der Waals surface area contributed by atoms with Crippen molar-refractivity contribution in [3.63, 3.8) is 0 Å². The molecule has 2 rings (SSSR count). The number of carbonyl (C=O) groups excluding carboxylic acids is 1. The Labute approximate surface area is 128 Å². The molecular weight excluding hydrogens is 260 g/mol. The minimum atomic E-state index is -0.268. The molecule has 0 unspecified atom stereocenters. The van der Waals surface area contributed by atoms with Gasteiger partial charge >= 0.3 is 0 Å². The molecule has 3 nitrogen and oxygen atoms in total. The van der Waals surface area contributed by atoms with E-state index in [1.54, 1.807) is 0 Å². The molecule has 1 aromatic rings. The van der Waals surface area contributed by atoms with Crippen LogP contribution in [0.3, 0.4) is 0 Å². The summed E-state index contributed by atoms with van der Waals surface area (Å²) in [6.45, 7) is 2.81. The number of nitrogens with two attached hydrogens (primary N) is 1. The van der Waals surface area contributed by atoms with Crippen molar-refractivity contribution in [1.82, 2.24) is 4.90 Å². The molecule has 3 heteroatoms. The summed E-state index contributed by atoms with van der Waals surface area (Å²) in [5.41, 5.74) is 8.62. The molecule has 1 aliphatic rings. The summed E-state index contributed by atoms with van der Waals surface area (Å²) in [5.74, 6) is 0.166. The first-order valence-electron chi connectivity index (χ1n) is 8.13. The SMILES string of the molecule is CCc1ccc(CN(C)C(=O)CC2(N)CCCCC2)cc1. The predicted molar refractivity (Wildman–Crippen MR) is 86.9 cm³/mol. The number of rotatable bonds is 5. The van der Waals surface area contributed by atoms with Crippen molar-refractivity contribution >= 4 is 5.91 Å². The number of amides is 1. The fraction of sp³-hybridized carbons (Fsp3) is 0.611. The van der Waals surface area contributed by atoms with Crippen LogP contribution in [0.4, 0.5) is 0 Å². The number of aryl methyl sites for hydroxylation is 1. The highest BCUT2D eigenvalue weighted by molar-refractivity contribution is 5.77. The summed E-state index contributed by atoms with van der Waals surface area (Å²) < 4.78 is 0. The standard InChI is InChI=1S/C18H28N2O/c1-3-15-7-9-16(10-8-15)14-20(2)17(21)13-18(19)11-5-4-6-12-18/h7-10H,3-6,11-14,19H2,1-2H3. The van der Waals surface area contributed by atoms with Gasteiger partial charge in [0.05, 0.1) is 0 Å². The third kappa shape index (κ3) is 4.57. The smallest absolute Gasteiger partial charge is 0.224 e. The minimum Gasteiger partial charge on any atom is -0.341 e. The van der Waals surface area contributed by atoms with Crippen molar-refractivity contribution in [2.24, 2.45) is 5.73 Å². The van der Waals surface area contributed by atoms with Gasteiger partial charge in [0.1, 0.15) is 0 Å². The second kappa shape index (κ2) is 7.08. The molecule has 1 fully saturated rings. The van der Waals surface area contributed by atoms with Crippen molar-refractivity contribution in [2.75, 3.05) is 7.05 Å². The molecule has 0 heterocycles. The van der Waals surface area contributed by atoms with Crippen LogP contribution in [-0.2, 0) is 17.8 Å². The molecule has 0 saturated heterocycles. The highest BCUT2D eigenvalue weighted by Crippen LogP contribution is 2.29. The number of hydrogen-bond donors (Lipinski definition) is 1. The Morgan fingerprint density at radius 2 is 1.71 bits per heavy atom. The maximum Gasteiger partial charge on any atom is 0.224 e. The van der Waals surface area contributed by atoms with Gasteiger partial charge in [0, 0.05) is 25.6 Å². The number of hydrogen-bond acceptors (Lipinski definition) is 2. The van der Waals surface area contributed by atoms with Gasteiger partial charge in [-0.1, -0.05) is 50.5 Å².